The van der Waals surface area contributed by atoms with Crippen LogP contribution in [-0.4, -0.2) is 23.1 Å². The van der Waals surface area contributed by atoms with Gasteiger partial charge in [0.2, 0.25) is 5.88 Å². The molecule has 20 heavy (non-hydrogen) atoms. The summed E-state index contributed by atoms with van der Waals surface area (Å²) in [6, 6.07) is 9.80. The predicted molar refractivity (Wildman–Crippen MR) is 73.9 cm³/mol. The lowest BCUT2D eigenvalue weighted by molar-refractivity contribution is 0.0648. The van der Waals surface area contributed by atoms with Crippen molar-refractivity contribution in [3.05, 3.63) is 47.2 Å². The standard InChI is InChI=1S/C14H16N4O2/c1-9-11-12(20-16-9)15-14(2,17-18(3)13(11)19)10-7-5-4-6-8-10/h4-8,15,17H,1-3H3. The Morgan fingerprint density at radius 3 is 2.70 bits per heavy atom. The van der Waals surface area contributed by atoms with Crippen molar-refractivity contribution in [3.63, 3.8) is 0 Å². The van der Waals surface area contributed by atoms with Crippen LogP contribution in [0.25, 0.3) is 0 Å². The molecule has 2 heterocycles. The third-order valence-corrected chi connectivity index (χ3v) is 3.49. The predicted octanol–water partition coefficient (Wildman–Crippen LogP) is 1.86. The number of aryl methyl sites for hydroxylation is 1. The first-order valence-electron chi connectivity index (χ1n) is 6.37. The number of nitrogens with zero attached hydrogens (tertiary/aromatic N) is 2. The number of hydrogen-bond acceptors (Lipinski definition) is 5. The van der Waals surface area contributed by atoms with Crippen LogP contribution in [0.5, 0.6) is 0 Å². The summed E-state index contributed by atoms with van der Waals surface area (Å²) in [7, 11) is 1.69. The van der Waals surface area contributed by atoms with Gasteiger partial charge >= 0.3 is 0 Å². The molecule has 2 aromatic rings. The fourth-order valence-electron chi connectivity index (χ4n) is 2.42. The van der Waals surface area contributed by atoms with Crippen LogP contribution in [-0.2, 0) is 5.66 Å². The maximum absolute atomic E-state index is 12.4. The molecule has 0 fully saturated rings. The second-order valence-electron chi connectivity index (χ2n) is 5.06. The minimum Gasteiger partial charge on any atom is -0.338 e. The summed E-state index contributed by atoms with van der Waals surface area (Å²) >= 11 is 0. The summed E-state index contributed by atoms with van der Waals surface area (Å²) in [5.41, 5.74) is 4.52. The molecular formula is C14H16N4O2. The zero-order valence-corrected chi connectivity index (χ0v) is 11.6. The summed E-state index contributed by atoms with van der Waals surface area (Å²) in [4.78, 5) is 12.4. The van der Waals surface area contributed by atoms with Gasteiger partial charge in [-0.3, -0.25) is 9.80 Å². The van der Waals surface area contributed by atoms with E-state index in [-0.39, 0.29) is 5.91 Å². The summed E-state index contributed by atoms with van der Waals surface area (Å²) in [5.74, 6) is 0.210. The van der Waals surface area contributed by atoms with Crippen LogP contribution in [0.15, 0.2) is 34.9 Å². The molecule has 1 amide bonds. The Morgan fingerprint density at radius 1 is 1.30 bits per heavy atom. The van der Waals surface area contributed by atoms with Gasteiger partial charge in [0.05, 0.1) is 5.69 Å². The lowest BCUT2D eigenvalue weighted by Gasteiger charge is -2.33. The summed E-state index contributed by atoms with van der Waals surface area (Å²) in [6.07, 6.45) is 0. The molecule has 0 spiro atoms. The minimum atomic E-state index is -0.664. The van der Waals surface area contributed by atoms with Crippen molar-refractivity contribution in [2.45, 2.75) is 19.5 Å². The van der Waals surface area contributed by atoms with Gasteiger partial charge in [-0.2, -0.15) is 0 Å². The Morgan fingerprint density at radius 2 is 2.00 bits per heavy atom. The van der Waals surface area contributed by atoms with Crippen LogP contribution >= 0.6 is 0 Å². The highest BCUT2D eigenvalue weighted by Crippen LogP contribution is 2.31. The zero-order chi connectivity index (χ0) is 14.3. The van der Waals surface area contributed by atoms with E-state index in [0.717, 1.165) is 5.56 Å². The number of benzene rings is 1. The van der Waals surface area contributed by atoms with Crippen LogP contribution < -0.4 is 10.7 Å². The number of hydrogen-bond donors (Lipinski definition) is 2. The topological polar surface area (TPSA) is 70.4 Å². The Bertz CT molecular complexity index is 652. The van der Waals surface area contributed by atoms with E-state index >= 15 is 0 Å². The summed E-state index contributed by atoms with van der Waals surface area (Å²) in [6.45, 7) is 3.69. The fourth-order valence-corrected chi connectivity index (χ4v) is 2.42. The van der Waals surface area contributed by atoms with Crippen molar-refractivity contribution in [3.8, 4) is 0 Å². The lowest BCUT2D eigenvalue weighted by Crippen LogP contribution is -2.53. The van der Waals surface area contributed by atoms with E-state index in [2.05, 4.69) is 15.9 Å². The molecule has 6 nitrogen and oxygen atoms in total. The quantitative estimate of drug-likeness (QED) is 0.829. The molecular weight excluding hydrogens is 256 g/mol. The Balaban J connectivity index is 2.11. The molecule has 0 saturated heterocycles. The summed E-state index contributed by atoms with van der Waals surface area (Å²) < 4.78 is 5.25. The van der Waals surface area contributed by atoms with Gasteiger partial charge in [0.1, 0.15) is 11.2 Å². The highest BCUT2D eigenvalue weighted by Gasteiger charge is 2.37. The van der Waals surface area contributed by atoms with E-state index in [1.807, 2.05) is 37.3 Å². The molecule has 1 atom stereocenters. The highest BCUT2D eigenvalue weighted by molar-refractivity contribution is 5.99. The van der Waals surface area contributed by atoms with Crippen molar-refractivity contribution in [2.24, 2.45) is 0 Å². The molecule has 0 radical (unpaired) electrons. The van der Waals surface area contributed by atoms with Crippen LogP contribution in [0.3, 0.4) is 0 Å². The second-order valence-corrected chi connectivity index (χ2v) is 5.06. The normalized spacial score (nSPS) is 22.1. The fraction of sp³-hybridized carbons (Fsp3) is 0.286. The first-order chi connectivity index (χ1) is 9.51. The molecule has 1 aliphatic heterocycles. The van der Waals surface area contributed by atoms with Gasteiger partial charge < -0.3 is 9.84 Å². The van der Waals surface area contributed by atoms with Crippen molar-refractivity contribution >= 4 is 11.8 Å². The molecule has 0 bridgehead atoms. The van der Waals surface area contributed by atoms with E-state index < -0.39 is 5.66 Å². The Labute approximate surface area is 116 Å². The maximum Gasteiger partial charge on any atom is 0.275 e. The van der Waals surface area contributed by atoms with Crippen molar-refractivity contribution in [2.75, 3.05) is 12.4 Å². The molecule has 1 aromatic heterocycles. The first kappa shape index (κ1) is 12.7. The van der Waals surface area contributed by atoms with Crippen molar-refractivity contribution in [1.82, 2.24) is 15.6 Å². The summed E-state index contributed by atoms with van der Waals surface area (Å²) in [5, 5.41) is 8.56. The monoisotopic (exact) mass is 272 g/mol. The number of hydrazine groups is 1. The average Bonchev–Trinajstić information content (AvgIpc) is 2.74. The van der Waals surface area contributed by atoms with E-state index in [4.69, 9.17) is 4.52 Å². The van der Waals surface area contributed by atoms with Crippen LogP contribution in [0.4, 0.5) is 5.88 Å². The SMILES string of the molecule is Cc1noc2c1C(=O)N(C)NC(C)(c1ccccc1)N2. The number of carbonyl (C=O) groups is 1. The number of fused-ring (bicyclic) bond motifs is 1. The van der Waals surface area contributed by atoms with E-state index in [1.54, 1.807) is 14.0 Å². The van der Waals surface area contributed by atoms with Crippen LogP contribution in [0, 0.1) is 6.92 Å². The molecule has 3 rings (SSSR count). The van der Waals surface area contributed by atoms with Crippen LogP contribution in [0.1, 0.15) is 28.5 Å². The number of nitrogens with one attached hydrogen (secondary N) is 2. The molecule has 104 valence electrons. The molecule has 0 aliphatic carbocycles. The Kier molecular flexibility index (Phi) is 2.76. The van der Waals surface area contributed by atoms with Gasteiger partial charge in [-0.15, -0.1) is 0 Å². The van der Waals surface area contributed by atoms with E-state index in [0.29, 0.717) is 17.1 Å². The van der Waals surface area contributed by atoms with Crippen molar-refractivity contribution in [1.29, 1.82) is 0 Å². The largest absolute Gasteiger partial charge is 0.338 e. The Hall–Kier alpha value is -2.34. The van der Waals surface area contributed by atoms with Gasteiger partial charge in [0, 0.05) is 7.05 Å². The van der Waals surface area contributed by atoms with Gasteiger partial charge in [-0.25, -0.2) is 5.43 Å². The van der Waals surface area contributed by atoms with E-state index in [1.165, 1.54) is 5.01 Å². The van der Waals surface area contributed by atoms with Gasteiger partial charge in [0.15, 0.2) is 0 Å². The average molecular weight is 272 g/mol. The highest BCUT2D eigenvalue weighted by atomic mass is 16.5. The number of carbonyl (C=O) groups excluding carboxylic acids is 1. The second kappa shape index (κ2) is 4.35. The number of rotatable bonds is 1. The third kappa shape index (κ3) is 1.85. The smallest absolute Gasteiger partial charge is 0.275 e. The number of aromatic nitrogens is 1. The molecule has 1 aliphatic rings. The van der Waals surface area contributed by atoms with Crippen molar-refractivity contribution < 1.29 is 9.32 Å². The molecule has 2 N–H and O–H groups in total. The molecule has 1 aromatic carbocycles. The van der Waals surface area contributed by atoms with Gasteiger partial charge in [0.25, 0.3) is 5.91 Å². The number of anilines is 1. The molecule has 1 unspecified atom stereocenters. The van der Waals surface area contributed by atoms with E-state index in [9.17, 15) is 4.79 Å². The molecule has 6 heteroatoms. The van der Waals surface area contributed by atoms with Crippen LogP contribution in [0.2, 0.25) is 0 Å². The number of amides is 1. The minimum absolute atomic E-state index is 0.175. The zero-order valence-electron chi connectivity index (χ0n) is 11.6. The maximum atomic E-state index is 12.4. The molecule has 0 saturated carbocycles. The van der Waals surface area contributed by atoms with Gasteiger partial charge in [-0.1, -0.05) is 35.5 Å². The third-order valence-electron chi connectivity index (χ3n) is 3.49. The van der Waals surface area contributed by atoms with Gasteiger partial charge in [-0.05, 0) is 19.4 Å². The first-order valence-corrected chi connectivity index (χ1v) is 6.37. The lowest BCUT2D eigenvalue weighted by atomic mass is 10.0.